The van der Waals surface area contributed by atoms with Gasteiger partial charge in [-0.25, -0.2) is 4.79 Å². The molecule has 3 heteroatoms. The predicted molar refractivity (Wildman–Crippen MR) is 51.1 cm³/mol. The highest BCUT2D eigenvalue weighted by atomic mass is 16.7. The van der Waals surface area contributed by atoms with Crippen LogP contribution in [0.5, 0.6) is 0 Å². The molecular formula is C10H16O3. The zero-order chi connectivity index (χ0) is 10.1. The van der Waals surface area contributed by atoms with Crippen molar-refractivity contribution in [3.8, 4) is 0 Å². The third kappa shape index (κ3) is 7.28. The number of carbonyl (C=O) groups is 1. The molecule has 0 aliphatic carbocycles. The second-order valence-corrected chi connectivity index (χ2v) is 2.34. The lowest BCUT2D eigenvalue weighted by atomic mass is 10.4. The summed E-state index contributed by atoms with van der Waals surface area (Å²) in [5.74, 6) is -0.390. The molecule has 0 N–H and O–H groups in total. The van der Waals surface area contributed by atoms with Gasteiger partial charge >= 0.3 is 5.97 Å². The van der Waals surface area contributed by atoms with Gasteiger partial charge in [0.2, 0.25) is 0 Å². The summed E-state index contributed by atoms with van der Waals surface area (Å²) in [5.41, 5.74) is 0. The molecule has 0 spiro atoms. The lowest BCUT2D eigenvalue weighted by Crippen LogP contribution is -2.16. The Bertz CT molecular complexity index is 194. The van der Waals surface area contributed by atoms with Gasteiger partial charge < -0.3 is 9.47 Å². The number of hydrogen-bond acceptors (Lipinski definition) is 3. The van der Waals surface area contributed by atoms with Crippen molar-refractivity contribution >= 4 is 5.97 Å². The molecular weight excluding hydrogens is 168 g/mol. The minimum absolute atomic E-state index is 0.390. The average molecular weight is 184 g/mol. The average Bonchev–Trinajstić information content (AvgIpc) is 2.05. The Morgan fingerprint density at radius 1 is 1.46 bits per heavy atom. The first-order chi connectivity index (χ1) is 6.20. The summed E-state index contributed by atoms with van der Waals surface area (Å²) >= 11 is 0. The number of hydrogen-bond donors (Lipinski definition) is 0. The van der Waals surface area contributed by atoms with Crippen molar-refractivity contribution in [3.05, 3.63) is 24.3 Å². The Hall–Kier alpha value is -1.09. The number of rotatable bonds is 5. The Morgan fingerprint density at radius 2 is 2.15 bits per heavy atom. The maximum atomic E-state index is 11.0. The number of allylic oxidation sites excluding steroid dienone is 3. The van der Waals surface area contributed by atoms with Crippen molar-refractivity contribution in [1.82, 2.24) is 0 Å². The summed E-state index contributed by atoms with van der Waals surface area (Å²) in [6.45, 7) is 5.94. The van der Waals surface area contributed by atoms with Gasteiger partial charge in [0, 0.05) is 12.7 Å². The molecule has 0 heterocycles. The topological polar surface area (TPSA) is 35.5 Å². The molecule has 74 valence electrons. The van der Waals surface area contributed by atoms with Gasteiger partial charge in [-0.1, -0.05) is 18.2 Å². The molecule has 0 aromatic carbocycles. The monoisotopic (exact) mass is 184 g/mol. The molecule has 3 nitrogen and oxygen atoms in total. The lowest BCUT2D eigenvalue weighted by Gasteiger charge is -2.10. The van der Waals surface area contributed by atoms with E-state index in [2.05, 4.69) is 0 Å². The zero-order valence-corrected chi connectivity index (χ0v) is 8.32. The fraction of sp³-hybridized carbons (Fsp3) is 0.500. The minimum atomic E-state index is -0.479. The molecule has 1 unspecified atom stereocenters. The standard InChI is InChI=1S/C10H16O3/c1-4-6-7-8-10(11)13-9(3)12-5-2/h4,6-9H,5H2,1-3H3/b6-4+,8-7+. The van der Waals surface area contributed by atoms with Gasteiger partial charge in [0.1, 0.15) is 0 Å². The van der Waals surface area contributed by atoms with Crippen LogP contribution in [0, 0.1) is 0 Å². The molecule has 0 rings (SSSR count). The Balaban J connectivity index is 3.73. The second kappa shape index (κ2) is 7.55. The second-order valence-electron chi connectivity index (χ2n) is 2.34. The maximum absolute atomic E-state index is 11.0. The molecule has 13 heavy (non-hydrogen) atoms. The van der Waals surface area contributed by atoms with Crippen molar-refractivity contribution in [2.24, 2.45) is 0 Å². The SMILES string of the molecule is C/C=C/C=C/C(=O)OC(C)OCC. The highest BCUT2D eigenvalue weighted by Gasteiger charge is 2.04. The summed E-state index contributed by atoms with van der Waals surface area (Å²) in [5, 5.41) is 0. The smallest absolute Gasteiger partial charge is 0.333 e. The largest absolute Gasteiger partial charge is 0.433 e. The van der Waals surface area contributed by atoms with Gasteiger partial charge in [-0.2, -0.15) is 0 Å². The molecule has 0 bridgehead atoms. The van der Waals surface area contributed by atoms with Crippen molar-refractivity contribution in [2.45, 2.75) is 27.1 Å². The minimum Gasteiger partial charge on any atom is -0.433 e. The highest BCUT2D eigenvalue weighted by Crippen LogP contribution is 1.94. The zero-order valence-electron chi connectivity index (χ0n) is 8.32. The van der Waals surface area contributed by atoms with Gasteiger partial charge in [-0.15, -0.1) is 0 Å². The van der Waals surface area contributed by atoms with E-state index in [9.17, 15) is 4.79 Å². The number of carbonyl (C=O) groups excluding carboxylic acids is 1. The molecule has 1 atom stereocenters. The molecule has 0 aliphatic heterocycles. The summed E-state index contributed by atoms with van der Waals surface area (Å²) in [6.07, 6.45) is 6.09. The van der Waals surface area contributed by atoms with Crippen molar-refractivity contribution in [2.75, 3.05) is 6.61 Å². The van der Waals surface area contributed by atoms with Crippen LogP contribution in [0.2, 0.25) is 0 Å². The van der Waals surface area contributed by atoms with Crippen LogP contribution in [-0.2, 0) is 14.3 Å². The molecule has 0 fully saturated rings. The van der Waals surface area contributed by atoms with Crippen LogP contribution in [0.15, 0.2) is 24.3 Å². The summed E-state index contributed by atoms with van der Waals surface area (Å²) in [4.78, 5) is 11.0. The summed E-state index contributed by atoms with van der Waals surface area (Å²) < 4.78 is 9.88. The van der Waals surface area contributed by atoms with Crippen molar-refractivity contribution in [1.29, 1.82) is 0 Å². The van der Waals surface area contributed by atoms with Crippen LogP contribution in [0.4, 0.5) is 0 Å². The molecule has 0 amide bonds. The van der Waals surface area contributed by atoms with Crippen LogP contribution in [0.1, 0.15) is 20.8 Å². The van der Waals surface area contributed by atoms with Crippen molar-refractivity contribution in [3.63, 3.8) is 0 Å². The molecule has 0 aromatic rings. The first-order valence-corrected chi connectivity index (χ1v) is 4.32. The first kappa shape index (κ1) is 11.9. The molecule has 0 radical (unpaired) electrons. The van der Waals surface area contributed by atoms with E-state index < -0.39 is 6.29 Å². The highest BCUT2D eigenvalue weighted by molar-refractivity contribution is 5.82. The van der Waals surface area contributed by atoms with Gasteiger partial charge in [0.25, 0.3) is 0 Å². The maximum Gasteiger partial charge on any atom is 0.333 e. The van der Waals surface area contributed by atoms with E-state index in [1.54, 1.807) is 19.1 Å². The van der Waals surface area contributed by atoms with Crippen LogP contribution in [-0.4, -0.2) is 18.9 Å². The van der Waals surface area contributed by atoms with Crippen molar-refractivity contribution < 1.29 is 14.3 Å². The van der Waals surface area contributed by atoms with E-state index in [-0.39, 0.29) is 5.97 Å². The van der Waals surface area contributed by atoms with E-state index in [1.807, 2.05) is 19.9 Å². The predicted octanol–water partition coefficient (Wildman–Crippen LogP) is 2.04. The third-order valence-electron chi connectivity index (χ3n) is 1.22. The van der Waals surface area contributed by atoms with Crippen LogP contribution in [0.25, 0.3) is 0 Å². The Labute approximate surface area is 79.0 Å². The van der Waals surface area contributed by atoms with E-state index >= 15 is 0 Å². The summed E-state index contributed by atoms with van der Waals surface area (Å²) in [6, 6.07) is 0. The van der Waals surface area contributed by atoms with E-state index in [1.165, 1.54) is 6.08 Å². The van der Waals surface area contributed by atoms with Gasteiger partial charge in [0.05, 0.1) is 0 Å². The Kier molecular flexibility index (Phi) is 6.92. The fourth-order valence-corrected chi connectivity index (χ4v) is 0.717. The van der Waals surface area contributed by atoms with Crippen LogP contribution < -0.4 is 0 Å². The lowest BCUT2D eigenvalue weighted by molar-refractivity contribution is -0.167. The quantitative estimate of drug-likeness (QED) is 0.284. The van der Waals surface area contributed by atoms with Crippen LogP contribution >= 0.6 is 0 Å². The van der Waals surface area contributed by atoms with E-state index in [4.69, 9.17) is 9.47 Å². The normalized spacial score (nSPS) is 13.8. The van der Waals surface area contributed by atoms with E-state index in [0.29, 0.717) is 6.61 Å². The van der Waals surface area contributed by atoms with Gasteiger partial charge in [-0.3, -0.25) is 0 Å². The van der Waals surface area contributed by atoms with Crippen LogP contribution in [0.3, 0.4) is 0 Å². The molecule has 0 saturated heterocycles. The number of ether oxygens (including phenoxy) is 2. The molecule has 0 aromatic heterocycles. The third-order valence-corrected chi connectivity index (χ3v) is 1.22. The molecule has 0 aliphatic rings. The Morgan fingerprint density at radius 3 is 2.69 bits per heavy atom. The summed E-state index contributed by atoms with van der Waals surface area (Å²) in [7, 11) is 0. The fourth-order valence-electron chi connectivity index (χ4n) is 0.717. The molecule has 0 saturated carbocycles. The van der Waals surface area contributed by atoms with Gasteiger partial charge in [-0.05, 0) is 20.8 Å². The first-order valence-electron chi connectivity index (χ1n) is 4.32. The van der Waals surface area contributed by atoms with Gasteiger partial charge in [0.15, 0.2) is 6.29 Å². The van der Waals surface area contributed by atoms with E-state index in [0.717, 1.165) is 0 Å². The number of esters is 1.